The van der Waals surface area contributed by atoms with Crippen LogP contribution in [-0.4, -0.2) is 14.3 Å². The largest absolute Gasteiger partial charge is 0.454 e. The average Bonchev–Trinajstić information content (AvgIpc) is 2.69. The van der Waals surface area contributed by atoms with Crippen molar-refractivity contribution in [1.82, 2.24) is 0 Å². The van der Waals surface area contributed by atoms with Gasteiger partial charge in [0, 0.05) is 0 Å². The summed E-state index contributed by atoms with van der Waals surface area (Å²) >= 11 is 0. The molecule has 0 unspecified atom stereocenters. The molecule has 0 saturated heterocycles. The highest BCUT2D eigenvalue weighted by molar-refractivity contribution is 7.90. The summed E-state index contributed by atoms with van der Waals surface area (Å²) in [5.41, 5.74) is 13.0. The van der Waals surface area contributed by atoms with Crippen LogP contribution in [0.5, 0.6) is 11.5 Å². The van der Waals surface area contributed by atoms with Crippen molar-refractivity contribution in [2.24, 2.45) is 16.1 Å². The molecule has 7 nitrogen and oxygen atoms in total. The lowest BCUT2D eigenvalue weighted by Gasteiger charge is -2.11. The topological polar surface area (TPSA) is 120 Å². The van der Waals surface area contributed by atoms with Crippen molar-refractivity contribution in [1.29, 1.82) is 0 Å². The molecule has 31 heavy (non-hydrogen) atoms. The van der Waals surface area contributed by atoms with Gasteiger partial charge in [0.25, 0.3) is 0 Å². The van der Waals surface area contributed by atoms with Crippen molar-refractivity contribution in [3.8, 4) is 11.5 Å². The van der Waals surface area contributed by atoms with Crippen LogP contribution in [-0.2, 0) is 22.0 Å². The number of amidine groups is 1. The maximum Gasteiger partial charge on any atom is 0.246 e. The summed E-state index contributed by atoms with van der Waals surface area (Å²) in [4.78, 5) is -0.111. The minimum absolute atomic E-state index is 0.0891. The van der Waals surface area contributed by atoms with Crippen LogP contribution >= 0.6 is 0 Å². The molecule has 0 heterocycles. The molecule has 9 heteroatoms. The Morgan fingerprint density at radius 1 is 1.06 bits per heavy atom. The predicted molar refractivity (Wildman–Crippen MR) is 115 cm³/mol. The molecule has 0 spiro atoms. The quantitative estimate of drug-likeness (QED) is 0.242. The summed E-state index contributed by atoms with van der Waals surface area (Å²) in [7, 11) is -3.70. The molecule has 0 aliphatic heterocycles. The molecule has 0 fully saturated rings. The highest BCUT2D eigenvalue weighted by Gasteiger charge is 2.18. The first-order valence-corrected chi connectivity index (χ1v) is 11.0. The summed E-state index contributed by atoms with van der Waals surface area (Å²) in [6.07, 6.45) is 0.290. The van der Waals surface area contributed by atoms with E-state index in [1.54, 1.807) is 42.5 Å². The van der Waals surface area contributed by atoms with Crippen LogP contribution in [0.15, 0.2) is 82.0 Å². The first kappa shape index (κ1) is 22.1. The van der Waals surface area contributed by atoms with Gasteiger partial charge in [-0.15, -0.1) is 0 Å². The maximum absolute atomic E-state index is 14.7. The number of nitrogens with two attached hydrogens (primary N) is 2. The van der Waals surface area contributed by atoms with E-state index >= 15 is 0 Å². The van der Waals surface area contributed by atoms with E-state index in [1.165, 1.54) is 12.1 Å². The Labute approximate surface area is 179 Å². The fourth-order valence-corrected chi connectivity index (χ4v) is 4.42. The molecule has 0 aromatic heterocycles. The van der Waals surface area contributed by atoms with Gasteiger partial charge in [0.2, 0.25) is 5.84 Å². The van der Waals surface area contributed by atoms with Crippen molar-refractivity contribution in [2.45, 2.75) is 24.0 Å². The highest BCUT2D eigenvalue weighted by atomic mass is 32.2. The molecule has 160 valence electrons. The van der Waals surface area contributed by atoms with Gasteiger partial charge in [0.05, 0.1) is 22.2 Å². The molecule has 3 aromatic rings. The number of hydrogen-bond donors (Lipinski definition) is 2. The number of aryl methyl sites for hydroxylation is 1. The number of sulfone groups is 1. The number of rotatable bonds is 8. The number of ether oxygens (including phenoxy) is 1. The number of nitrogens with zero attached hydrogens (tertiary/aromatic N) is 2. The van der Waals surface area contributed by atoms with Crippen LogP contribution in [0.2, 0.25) is 0 Å². The fraction of sp³-hybridized carbons (Fsp3) is 0.136. The SMILES string of the molecule is Cc1cc(C/C(N)=N/N=[NH2+])cc(Oc2ccc(S(=O)(=O)Cc3ccccc3)cc2F)c1. The van der Waals surface area contributed by atoms with E-state index in [2.05, 4.69) is 10.3 Å². The van der Waals surface area contributed by atoms with Gasteiger partial charge >= 0.3 is 0 Å². The zero-order valence-electron chi connectivity index (χ0n) is 16.8. The Morgan fingerprint density at radius 3 is 2.48 bits per heavy atom. The van der Waals surface area contributed by atoms with Crippen LogP contribution in [0.3, 0.4) is 0 Å². The molecule has 0 bridgehead atoms. The van der Waals surface area contributed by atoms with Crippen LogP contribution in [0.1, 0.15) is 16.7 Å². The smallest absolute Gasteiger partial charge is 0.246 e. The van der Waals surface area contributed by atoms with Crippen molar-refractivity contribution in [2.75, 3.05) is 0 Å². The molecular formula is C22H22FN4O3S+. The molecular weight excluding hydrogens is 419 g/mol. The second-order valence-electron chi connectivity index (χ2n) is 6.98. The van der Waals surface area contributed by atoms with E-state index in [0.717, 1.165) is 17.2 Å². The Balaban J connectivity index is 1.81. The summed E-state index contributed by atoms with van der Waals surface area (Å²) in [6, 6.07) is 17.6. The third-order valence-corrected chi connectivity index (χ3v) is 6.06. The molecule has 4 N–H and O–H groups in total. The van der Waals surface area contributed by atoms with E-state index in [1.807, 2.05) is 13.0 Å². The zero-order valence-corrected chi connectivity index (χ0v) is 17.6. The summed E-state index contributed by atoms with van der Waals surface area (Å²) < 4.78 is 45.6. The average molecular weight is 442 g/mol. The first-order valence-electron chi connectivity index (χ1n) is 9.34. The molecule has 0 radical (unpaired) electrons. The zero-order chi connectivity index (χ0) is 22.4. The molecule has 3 aromatic carbocycles. The van der Waals surface area contributed by atoms with Crippen molar-refractivity contribution in [3.63, 3.8) is 0 Å². The number of halogens is 1. The van der Waals surface area contributed by atoms with Gasteiger partial charge < -0.3 is 10.5 Å². The monoisotopic (exact) mass is 441 g/mol. The normalized spacial score (nSPS) is 11.9. The van der Waals surface area contributed by atoms with Gasteiger partial charge in [0.1, 0.15) is 11.0 Å². The molecule has 3 rings (SSSR count). The third kappa shape index (κ3) is 5.95. The minimum atomic E-state index is -3.70. The molecule has 0 atom stereocenters. The summed E-state index contributed by atoms with van der Waals surface area (Å²) in [5, 5.41) is 6.72. The van der Waals surface area contributed by atoms with Crippen LogP contribution < -0.4 is 16.0 Å². The Bertz CT molecular complexity index is 1230. The Hall–Kier alpha value is -3.59. The summed E-state index contributed by atoms with van der Waals surface area (Å²) in [5.74, 6) is -0.481. The predicted octanol–water partition coefficient (Wildman–Crippen LogP) is 2.93. The van der Waals surface area contributed by atoms with Crippen molar-refractivity contribution in [3.05, 3.63) is 89.2 Å². The number of hydrogen-bond acceptors (Lipinski definition) is 4. The lowest BCUT2D eigenvalue weighted by atomic mass is 10.1. The first-order chi connectivity index (χ1) is 14.8. The van der Waals surface area contributed by atoms with Gasteiger partial charge in [-0.3, -0.25) is 0 Å². The van der Waals surface area contributed by atoms with E-state index < -0.39 is 15.7 Å². The minimum Gasteiger partial charge on any atom is -0.454 e. The second-order valence-corrected chi connectivity index (χ2v) is 8.97. The highest BCUT2D eigenvalue weighted by Crippen LogP contribution is 2.29. The van der Waals surface area contributed by atoms with Gasteiger partial charge in [-0.05, 0) is 53.9 Å². The van der Waals surface area contributed by atoms with Gasteiger partial charge in [-0.2, -0.15) is 5.53 Å². The van der Waals surface area contributed by atoms with Crippen LogP contribution in [0, 0.1) is 12.7 Å². The lowest BCUT2D eigenvalue weighted by Crippen LogP contribution is -2.24. The third-order valence-electron chi connectivity index (χ3n) is 4.37. The van der Waals surface area contributed by atoms with Crippen molar-refractivity contribution < 1.29 is 23.1 Å². The fourth-order valence-electron chi connectivity index (χ4n) is 3.07. The second kappa shape index (κ2) is 9.48. The van der Waals surface area contributed by atoms with Crippen LogP contribution in [0.4, 0.5) is 4.39 Å². The lowest BCUT2D eigenvalue weighted by molar-refractivity contribution is -0.221. The molecule has 0 amide bonds. The molecule has 0 saturated carbocycles. The van der Waals surface area contributed by atoms with E-state index in [4.69, 9.17) is 16.0 Å². The van der Waals surface area contributed by atoms with E-state index in [-0.39, 0.29) is 28.7 Å². The molecule has 0 aliphatic rings. The maximum atomic E-state index is 14.7. The van der Waals surface area contributed by atoms with Gasteiger partial charge in [-0.25, -0.2) is 12.8 Å². The van der Waals surface area contributed by atoms with E-state index in [0.29, 0.717) is 11.3 Å². The van der Waals surface area contributed by atoms with Gasteiger partial charge in [0.15, 0.2) is 21.4 Å². The standard InChI is InChI=1S/C22H21FN4O3S/c1-15-9-17(12-22(24)26-27-25)11-18(10-15)30-21-8-7-19(13-20(21)23)31(28,29)14-16-5-3-2-4-6-16/h2-11,13H,12,14H2,1H3,(H3,24,25,26)/p+1. The Morgan fingerprint density at radius 2 is 1.81 bits per heavy atom. The van der Waals surface area contributed by atoms with Crippen LogP contribution in [0.25, 0.3) is 0 Å². The van der Waals surface area contributed by atoms with Crippen molar-refractivity contribution >= 4 is 15.7 Å². The summed E-state index contributed by atoms with van der Waals surface area (Å²) in [6.45, 7) is 1.85. The van der Waals surface area contributed by atoms with E-state index in [9.17, 15) is 12.8 Å². The van der Waals surface area contributed by atoms with Gasteiger partial charge in [-0.1, -0.05) is 36.4 Å². The molecule has 0 aliphatic carbocycles. The number of benzene rings is 3. The Kier molecular flexibility index (Phi) is 6.76.